The van der Waals surface area contributed by atoms with E-state index in [-0.39, 0.29) is 11.5 Å². The molecule has 0 aliphatic rings. The molecule has 0 radical (unpaired) electrons. The van der Waals surface area contributed by atoms with Crippen molar-refractivity contribution in [2.75, 3.05) is 0 Å². The first-order valence-electron chi connectivity index (χ1n) is 4.39. The maximum Gasteiger partial charge on any atom is 0.331 e. The Hall–Kier alpha value is -2.62. The SMILES string of the molecule is Cn1cc([N+](=O)[O-])c(-n2cccc2C#N)n1. The number of aromatic nitrogens is 3. The van der Waals surface area contributed by atoms with Crippen LogP contribution in [0.5, 0.6) is 0 Å². The Morgan fingerprint density at radius 2 is 2.38 bits per heavy atom. The molecular weight excluding hydrogens is 210 g/mol. The summed E-state index contributed by atoms with van der Waals surface area (Å²) < 4.78 is 2.73. The predicted molar refractivity (Wildman–Crippen MR) is 53.9 cm³/mol. The summed E-state index contributed by atoms with van der Waals surface area (Å²) in [6.45, 7) is 0. The maximum absolute atomic E-state index is 10.8. The molecule has 0 saturated heterocycles. The third-order valence-corrected chi connectivity index (χ3v) is 2.08. The molecule has 0 fully saturated rings. The van der Waals surface area contributed by atoms with Crippen molar-refractivity contribution in [2.45, 2.75) is 0 Å². The molecule has 0 saturated carbocycles. The average molecular weight is 217 g/mol. The molecule has 80 valence electrons. The molecule has 0 atom stereocenters. The van der Waals surface area contributed by atoms with Crippen LogP contribution in [0.15, 0.2) is 24.5 Å². The number of rotatable bonds is 2. The fourth-order valence-electron chi connectivity index (χ4n) is 1.42. The fourth-order valence-corrected chi connectivity index (χ4v) is 1.42. The lowest BCUT2D eigenvalue weighted by molar-refractivity contribution is -0.384. The smallest absolute Gasteiger partial charge is 0.285 e. The Kier molecular flexibility index (Phi) is 2.17. The summed E-state index contributed by atoms with van der Waals surface area (Å²) in [4.78, 5) is 10.3. The van der Waals surface area contributed by atoms with Gasteiger partial charge in [-0.3, -0.25) is 19.4 Å². The molecule has 0 aliphatic carbocycles. The second-order valence-electron chi connectivity index (χ2n) is 3.14. The van der Waals surface area contributed by atoms with Gasteiger partial charge in [0.2, 0.25) is 5.82 Å². The highest BCUT2D eigenvalue weighted by molar-refractivity contribution is 5.48. The third-order valence-electron chi connectivity index (χ3n) is 2.08. The first-order valence-corrected chi connectivity index (χ1v) is 4.39. The van der Waals surface area contributed by atoms with Crippen molar-refractivity contribution in [3.63, 3.8) is 0 Å². The van der Waals surface area contributed by atoms with Crippen molar-refractivity contribution in [1.29, 1.82) is 5.26 Å². The van der Waals surface area contributed by atoms with E-state index < -0.39 is 4.92 Å². The van der Waals surface area contributed by atoms with Crippen LogP contribution in [0.25, 0.3) is 5.82 Å². The van der Waals surface area contributed by atoms with Crippen LogP contribution in [-0.4, -0.2) is 19.3 Å². The lowest BCUT2D eigenvalue weighted by Crippen LogP contribution is -2.00. The summed E-state index contributed by atoms with van der Waals surface area (Å²) in [5, 5.41) is 23.6. The van der Waals surface area contributed by atoms with Crippen LogP contribution in [-0.2, 0) is 7.05 Å². The number of hydrogen-bond donors (Lipinski definition) is 0. The van der Waals surface area contributed by atoms with Gasteiger partial charge in [0.05, 0.1) is 4.92 Å². The molecule has 0 bridgehead atoms. The molecule has 2 aromatic heterocycles. The van der Waals surface area contributed by atoms with E-state index in [4.69, 9.17) is 5.26 Å². The number of aryl methyl sites for hydroxylation is 1. The Morgan fingerprint density at radius 1 is 1.62 bits per heavy atom. The Morgan fingerprint density at radius 3 is 3.00 bits per heavy atom. The van der Waals surface area contributed by atoms with Crippen LogP contribution < -0.4 is 0 Å². The van der Waals surface area contributed by atoms with Gasteiger partial charge < -0.3 is 0 Å². The molecule has 16 heavy (non-hydrogen) atoms. The van der Waals surface area contributed by atoms with E-state index in [1.54, 1.807) is 25.4 Å². The standard InChI is InChI=1S/C9H7N5O2/c1-12-6-8(14(15)16)9(11-12)13-4-2-3-7(13)5-10/h2-4,6H,1H3. The molecule has 2 heterocycles. The van der Waals surface area contributed by atoms with E-state index in [0.717, 1.165) is 0 Å². The largest absolute Gasteiger partial charge is 0.331 e. The Bertz CT molecular complexity index is 589. The van der Waals surface area contributed by atoms with Crippen LogP contribution in [0.3, 0.4) is 0 Å². The first-order chi connectivity index (χ1) is 7.63. The van der Waals surface area contributed by atoms with Gasteiger partial charge >= 0.3 is 5.69 Å². The van der Waals surface area contributed by atoms with E-state index in [2.05, 4.69) is 5.10 Å². The lowest BCUT2D eigenvalue weighted by atomic mass is 10.4. The van der Waals surface area contributed by atoms with E-state index >= 15 is 0 Å². The van der Waals surface area contributed by atoms with E-state index in [1.165, 1.54) is 15.4 Å². The minimum atomic E-state index is -0.524. The summed E-state index contributed by atoms with van der Waals surface area (Å²) >= 11 is 0. The predicted octanol–water partition coefficient (Wildman–Crippen LogP) is 0.991. The van der Waals surface area contributed by atoms with Crippen molar-refractivity contribution in [3.05, 3.63) is 40.3 Å². The molecule has 2 aromatic rings. The van der Waals surface area contributed by atoms with Gasteiger partial charge in [-0.2, -0.15) is 5.26 Å². The highest BCUT2D eigenvalue weighted by Crippen LogP contribution is 2.22. The monoisotopic (exact) mass is 217 g/mol. The van der Waals surface area contributed by atoms with Crippen molar-refractivity contribution in [3.8, 4) is 11.9 Å². The van der Waals surface area contributed by atoms with Gasteiger partial charge in [0.1, 0.15) is 18.0 Å². The molecule has 0 unspecified atom stereocenters. The van der Waals surface area contributed by atoms with Gasteiger partial charge in [-0.25, -0.2) is 0 Å². The second kappa shape index (κ2) is 3.51. The third kappa shape index (κ3) is 1.42. The minimum Gasteiger partial charge on any atom is -0.285 e. The van der Waals surface area contributed by atoms with Crippen molar-refractivity contribution < 1.29 is 4.92 Å². The summed E-state index contributed by atoms with van der Waals surface area (Å²) in [6.07, 6.45) is 2.87. The number of nitrogens with zero attached hydrogens (tertiary/aromatic N) is 5. The van der Waals surface area contributed by atoms with Crippen LogP contribution in [0.1, 0.15) is 5.69 Å². The number of nitro groups is 1. The zero-order chi connectivity index (χ0) is 11.7. The van der Waals surface area contributed by atoms with Crippen molar-refractivity contribution in [1.82, 2.24) is 14.3 Å². The summed E-state index contributed by atoms with van der Waals surface area (Å²) in [5.41, 5.74) is 0.178. The number of hydrogen-bond acceptors (Lipinski definition) is 4. The number of nitriles is 1. The van der Waals surface area contributed by atoms with Crippen molar-refractivity contribution >= 4 is 5.69 Å². The van der Waals surface area contributed by atoms with Crippen molar-refractivity contribution in [2.24, 2.45) is 7.05 Å². The quantitative estimate of drug-likeness (QED) is 0.554. The molecule has 7 heteroatoms. The minimum absolute atomic E-state index is 0.129. The molecule has 0 amide bonds. The maximum atomic E-state index is 10.8. The Balaban J connectivity index is 2.65. The van der Waals surface area contributed by atoms with Gasteiger partial charge in [-0.1, -0.05) is 0 Å². The Labute approximate surface area is 90.3 Å². The average Bonchev–Trinajstić information content (AvgIpc) is 2.82. The zero-order valence-electron chi connectivity index (χ0n) is 8.36. The highest BCUT2D eigenvalue weighted by atomic mass is 16.6. The van der Waals surface area contributed by atoms with Gasteiger partial charge in [-0.05, 0) is 12.1 Å². The lowest BCUT2D eigenvalue weighted by Gasteiger charge is -1.98. The molecule has 0 spiro atoms. The zero-order valence-corrected chi connectivity index (χ0v) is 8.36. The van der Waals surface area contributed by atoms with Gasteiger partial charge in [0.25, 0.3) is 0 Å². The van der Waals surface area contributed by atoms with E-state index in [9.17, 15) is 10.1 Å². The molecule has 2 rings (SSSR count). The first kappa shape index (κ1) is 9.92. The van der Waals surface area contributed by atoms with Crippen LogP contribution in [0, 0.1) is 21.4 Å². The molecular formula is C9H7N5O2. The van der Waals surface area contributed by atoms with Crippen LogP contribution >= 0.6 is 0 Å². The molecule has 7 nitrogen and oxygen atoms in total. The van der Waals surface area contributed by atoms with Gasteiger partial charge in [0, 0.05) is 13.2 Å². The second-order valence-corrected chi connectivity index (χ2v) is 3.14. The normalized spacial score (nSPS) is 10.0. The van der Waals surface area contributed by atoms with Gasteiger partial charge in [0.15, 0.2) is 0 Å². The summed E-state index contributed by atoms with van der Waals surface area (Å²) in [6, 6.07) is 5.14. The molecule has 0 aliphatic heterocycles. The fraction of sp³-hybridized carbons (Fsp3) is 0.111. The van der Waals surface area contributed by atoms with Crippen LogP contribution in [0.4, 0.5) is 5.69 Å². The summed E-state index contributed by atoms with van der Waals surface area (Å²) in [5.74, 6) is 0.147. The summed E-state index contributed by atoms with van der Waals surface area (Å²) in [7, 11) is 1.59. The topological polar surface area (TPSA) is 89.7 Å². The molecule has 0 N–H and O–H groups in total. The molecule has 0 aromatic carbocycles. The van der Waals surface area contributed by atoms with Crippen LogP contribution in [0.2, 0.25) is 0 Å². The highest BCUT2D eigenvalue weighted by Gasteiger charge is 2.21. The van der Waals surface area contributed by atoms with Gasteiger partial charge in [-0.15, -0.1) is 5.10 Å². The van der Waals surface area contributed by atoms with E-state index in [1.807, 2.05) is 6.07 Å². The van der Waals surface area contributed by atoms with E-state index in [0.29, 0.717) is 5.69 Å².